The van der Waals surface area contributed by atoms with E-state index in [2.05, 4.69) is 25.8 Å². The number of rotatable bonds is 3. The summed E-state index contributed by atoms with van der Waals surface area (Å²) >= 11 is 3.32. The van der Waals surface area contributed by atoms with Gasteiger partial charge in [0.25, 0.3) is 11.8 Å². The third-order valence-electron chi connectivity index (χ3n) is 4.98. The third-order valence-corrected chi connectivity index (χ3v) is 5.51. The van der Waals surface area contributed by atoms with Gasteiger partial charge in [0.05, 0.1) is 5.69 Å². The number of carbonyl (C=O) groups is 3. The number of nitrogens with one attached hydrogen (secondary N) is 1. The number of imide groups is 2. The first kappa shape index (κ1) is 17.7. The van der Waals surface area contributed by atoms with Crippen LogP contribution < -0.4 is 10.2 Å². The number of aromatic nitrogens is 1. The van der Waals surface area contributed by atoms with E-state index >= 15 is 0 Å². The van der Waals surface area contributed by atoms with Crippen LogP contribution >= 0.6 is 15.9 Å². The van der Waals surface area contributed by atoms with Crippen LogP contribution in [0.4, 0.5) is 10.5 Å². The molecule has 27 heavy (non-hydrogen) atoms. The van der Waals surface area contributed by atoms with Gasteiger partial charge >= 0.3 is 6.03 Å². The summed E-state index contributed by atoms with van der Waals surface area (Å²) in [6, 6.07) is 8.37. The Labute approximate surface area is 165 Å². The Hall–Kier alpha value is -2.67. The number of carbonyl (C=O) groups excluding carboxylic acids is 3. The average molecular weight is 428 g/mol. The molecule has 0 bridgehead atoms. The van der Waals surface area contributed by atoms with Gasteiger partial charge in [0.1, 0.15) is 5.57 Å². The van der Waals surface area contributed by atoms with E-state index in [4.69, 9.17) is 0 Å². The Morgan fingerprint density at radius 3 is 2.44 bits per heavy atom. The third kappa shape index (κ3) is 3.47. The molecule has 1 aromatic heterocycles. The monoisotopic (exact) mass is 427 g/mol. The van der Waals surface area contributed by atoms with Crippen molar-refractivity contribution in [1.82, 2.24) is 9.88 Å². The fourth-order valence-electron chi connectivity index (χ4n) is 3.59. The van der Waals surface area contributed by atoms with Crippen LogP contribution in [0.2, 0.25) is 0 Å². The molecule has 4 amide bonds. The highest BCUT2D eigenvalue weighted by Crippen LogP contribution is 2.30. The van der Waals surface area contributed by atoms with E-state index in [1.165, 1.54) is 12.8 Å². The van der Waals surface area contributed by atoms with Crippen molar-refractivity contribution in [3.63, 3.8) is 0 Å². The Kier molecular flexibility index (Phi) is 4.70. The van der Waals surface area contributed by atoms with Crippen molar-refractivity contribution < 1.29 is 14.4 Å². The van der Waals surface area contributed by atoms with E-state index in [1.807, 2.05) is 18.5 Å². The molecule has 2 aliphatic rings. The number of anilines is 1. The summed E-state index contributed by atoms with van der Waals surface area (Å²) in [6.07, 6.45) is 10.2. The number of halogens is 1. The summed E-state index contributed by atoms with van der Waals surface area (Å²) in [5.74, 6) is -1.30. The fraction of sp³-hybridized carbons (Fsp3) is 0.250. The largest absolute Gasteiger partial charge is 0.351 e. The minimum atomic E-state index is -0.743. The van der Waals surface area contributed by atoms with Crippen molar-refractivity contribution in [2.45, 2.75) is 31.7 Å². The molecule has 0 spiro atoms. The Morgan fingerprint density at radius 2 is 1.74 bits per heavy atom. The van der Waals surface area contributed by atoms with Gasteiger partial charge in [0.2, 0.25) is 0 Å². The summed E-state index contributed by atoms with van der Waals surface area (Å²) in [7, 11) is 0. The lowest BCUT2D eigenvalue weighted by Crippen LogP contribution is -2.54. The summed E-state index contributed by atoms with van der Waals surface area (Å²) in [5, 5.41) is 2.25. The topological polar surface area (TPSA) is 71.4 Å². The highest BCUT2D eigenvalue weighted by molar-refractivity contribution is 9.10. The van der Waals surface area contributed by atoms with Crippen LogP contribution in [0.25, 0.3) is 6.08 Å². The molecule has 1 saturated heterocycles. The lowest BCUT2D eigenvalue weighted by molar-refractivity contribution is -0.122. The van der Waals surface area contributed by atoms with Crippen molar-refractivity contribution in [2.24, 2.45) is 0 Å². The number of hydrogen-bond acceptors (Lipinski definition) is 3. The number of hydrogen-bond donors (Lipinski definition) is 1. The minimum absolute atomic E-state index is 0.0540. The zero-order valence-corrected chi connectivity index (χ0v) is 16.1. The first-order chi connectivity index (χ1) is 13.0. The van der Waals surface area contributed by atoms with Crippen LogP contribution in [0.15, 0.2) is 52.8 Å². The Balaban J connectivity index is 1.64. The van der Waals surface area contributed by atoms with Crippen molar-refractivity contribution in [3.05, 3.63) is 58.3 Å². The molecule has 7 heteroatoms. The smallest absolute Gasteiger partial charge is 0.335 e. The molecule has 1 aliphatic carbocycles. The van der Waals surface area contributed by atoms with E-state index < -0.39 is 17.8 Å². The highest BCUT2D eigenvalue weighted by Gasteiger charge is 2.36. The summed E-state index contributed by atoms with van der Waals surface area (Å²) in [6.45, 7) is 0. The maximum Gasteiger partial charge on any atom is 0.335 e. The molecule has 0 unspecified atom stereocenters. The second kappa shape index (κ2) is 7.15. The Bertz CT molecular complexity index is 940. The zero-order chi connectivity index (χ0) is 19.0. The van der Waals surface area contributed by atoms with Crippen LogP contribution in [0.1, 0.15) is 37.3 Å². The quantitative estimate of drug-likeness (QED) is 0.593. The van der Waals surface area contributed by atoms with Crippen molar-refractivity contribution >= 4 is 45.5 Å². The molecule has 0 atom stereocenters. The van der Waals surface area contributed by atoms with Gasteiger partial charge in [-0.3, -0.25) is 14.9 Å². The van der Waals surface area contributed by atoms with E-state index in [0.29, 0.717) is 11.7 Å². The zero-order valence-electron chi connectivity index (χ0n) is 14.5. The minimum Gasteiger partial charge on any atom is -0.351 e. The van der Waals surface area contributed by atoms with Gasteiger partial charge in [-0.25, -0.2) is 9.69 Å². The van der Waals surface area contributed by atoms with Crippen LogP contribution in [0.5, 0.6) is 0 Å². The van der Waals surface area contributed by atoms with Gasteiger partial charge in [-0.05, 0) is 54.8 Å². The lowest BCUT2D eigenvalue weighted by Gasteiger charge is -2.26. The number of amides is 4. The molecule has 2 aromatic rings. The number of barbiturate groups is 1. The molecule has 6 nitrogen and oxygen atoms in total. The first-order valence-corrected chi connectivity index (χ1v) is 9.67. The second-order valence-corrected chi connectivity index (χ2v) is 7.68. The van der Waals surface area contributed by atoms with Crippen LogP contribution in [-0.2, 0) is 9.59 Å². The molecule has 138 valence electrons. The number of urea groups is 1. The normalized spacial score (nSPS) is 19.8. The highest BCUT2D eigenvalue weighted by atomic mass is 79.9. The van der Waals surface area contributed by atoms with Gasteiger partial charge in [-0.1, -0.05) is 28.8 Å². The molecular formula is C20H18BrN3O3. The molecule has 1 saturated carbocycles. The molecule has 2 fully saturated rings. The number of nitrogens with zero attached hydrogens (tertiary/aromatic N) is 2. The maximum atomic E-state index is 12.9. The maximum absolute atomic E-state index is 12.9. The predicted octanol–water partition coefficient (Wildman–Crippen LogP) is 4.03. The predicted molar refractivity (Wildman–Crippen MR) is 105 cm³/mol. The van der Waals surface area contributed by atoms with Gasteiger partial charge in [-0.15, -0.1) is 0 Å². The standard InChI is InChI=1S/C20H18BrN3O3/c21-14-5-7-16(8-6-14)24-19(26)17(18(25)22-20(24)27)11-13-9-10-23(12-13)15-3-1-2-4-15/h5-12,15H,1-4H2,(H,22,25,27)/b17-11-. The molecule has 2 heterocycles. The first-order valence-electron chi connectivity index (χ1n) is 8.87. The van der Waals surface area contributed by atoms with E-state index in [9.17, 15) is 14.4 Å². The van der Waals surface area contributed by atoms with Gasteiger partial charge in [0.15, 0.2) is 0 Å². The van der Waals surface area contributed by atoms with Gasteiger partial charge < -0.3 is 4.57 Å². The van der Waals surface area contributed by atoms with Crippen LogP contribution in [0.3, 0.4) is 0 Å². The Morgan fingerprint density at radius 1 is 1.04 bits per heavy atom. The molecule has 1 aromatic carbocycles. The van der Waals surface area contributed by atoms with Gasteiger partial charge in [0, 0.05) is 22.9 Å². The summed E-state index contributed by atoms with van der Waals surface area (Å²) in [5.41, 5.74) is 1.12. The van der Waals surface area contributed by atoms with Gasteiger partial charge in [-0.2, -0.15) is 0 Å². The fourth-order valence-corrected chi connectivity index (χ4v) is 3.86. The van der Waals surface area contributed by atoms with Crippen LogP contribution in [-0.4, -0.2) is 22.4 Å². The number of benzene rings is 1. The van der Waals surface area contributed by atoms with E-state index in [0.717, 1.165) is 27.8 Å². The summed E-state index contributed by atoms with van der Waals surface area (Å²) in [4.78, 5) is 38.3. The average Bonchev–Trinajstić information content (AvgIpc) is 3.31. The van der Waals surface area contributed by atoms with Crippen LogP contribution in [0, 0.1) is 0 Å². The SMILES string of the molecule is O=C1NC(=O)N(c2ccc(Br)cc2)C(=O)/C1=C\c1ccn(C2CCCC2)c1. The van der Waals surface area contributed by atoms with Crippen molar-refractivity contribution in [3.8, 4) is 0 Å². The molecular weight excluding hydrogens is 410 g/mol. The van der Waals surface area contributed by atoms with Crippen molar-refractivity contribution in [1.29, 1.82) is 0 Å². The van der Waals surface area contributed by atoms with E-state index in [-0.39, 0.29) is 5.57 Å². The molecule has 0 radical (unpaired) electrons. The van der Waals surface area contributed by atoms with E-state index in [1.54, 1.807) is 30.3 Å². The molecule has 4 rings (SSSR count). The molecule has 1 aliphatic heterocycles. The second-order valence-electron chi connectivity index (χ2n) is 6.76. The lowest BCUT2D eigenvalue weighted by atomic mass is 10.1. The summed E-state index contributed by atoms with van der Waals surface area (Å²) < 4.78 is 2.97. The molecule has 1 N–H and O–H groups in total. The van der Waals surface area contributed by atoms with Crippen molar-refractivity contribution in [2.75, 3.05) is 4.90 Å².